The monoisotopic (exact) mass is 458 g/mol. The second-order valence-corrected chi connectivity index (χ2v) is 7.91. The summed E-state index contributed by atoms with van der Waals surface area (Å²) < 4.78 is 18.9. The fraction of sp³-hybridized carbons (Fsp3) is 0.0476. The number of thioether (sulfide) groups is 1. The van der Waals surface area contributed by atoms with Crippen LogP contribution in [0.15, 0.2) is 63.9 Å². The highest BCUT2D eigenvalue weighted by molar-refractivity contribution is 8.18. The van der Waals surface area contributed by atoms with Crippen molar-refractivity contribution < 1.29 is 23.3 Å². The fourth-order valence-electron chi connectivity index (χ4n) is 2.92. The van der Waals surface area contributed by atoms with Crippen molar-refractivity contribution in [2.24, 2.45) is 0 Å². The number of nitro benzene ring substituents is 1. The lowest BCUT2D eigenvalue weighted by atomic mass is 10.1. The number of furan rings is 1. The Kier molecular flexibility index (Phi) is 5.62. The summed E-state index contributed by atoms with van der Waals surface area (Å²) in [5, 5.41) is 10.4. The van der Waals surface area contributed by atoms with Crippen LogP contribution in [-0.2, 0) is 11.3 Å². The number of carbonyl (C=O) groups is 2. The van der Waals surface area contributed by atoms with Gasteiger partial charge in [0.25, 0.3) is 16.8 Å². The maximum atomic E-state index is 13.2. The van der Waals surface area contributed by atoms with Gasteiger partial charge in [-0.05, 0) is 53.7 Å². The summed E-state index contributed by atoms with van der Waals surface area (Å²) in [5.74, 6) is -0.217. The van der Waals surface area contributed by atoms with Crippen molar-refractivity contribution in [3.05, 3.63) is 91.8 Å². The molecule has 1 aliphatic rings. The first kappa shape index (κ1) is 20.8. The maximum Gasteiger partial charge on any atom is 0.293 e. The topological polar surface area (TPSA) is 93.7 Å². The molecule has 2 aromatic carbocycles. The van der Waals surface area contributed by atoms with Crippen LogP contribution in [-0.4, -0.2) is 21.0 Å². The van der Waals surface area contributed by atoms with Crippen LogP contribution in [0.4, 0.5) is 14.9 Å². The summed E-state index contributed by atoms with van der Waals surface area (Å²) in [4.78, 5) is 36.4. The number of hydrogen-bond acceptors (Lipinski definition) is 6. The Morgan fingerprint density at radius 2 is 1.87 bits per heavy atom. The Labute approximate surface area is 184 Å². The van der Waals surface area contributed by atoms with Crippen molar-refractivity contribution in [1.82, 2.24) is 4.90 Å². The van der Waals surface area contributed by atoms with E-state index < -0.39 is 21.9 Å². The van der Waals surface area contributed by atoms with Gasteiger partial charge < -0.3 is 4.42 Å². The number of nitrogens with zero attached hydrogens (tertiary/aromatic N) is 2. The molecule has 0 radical (unpaired) electrons. The molecule has 1 saturated heterocycles. The van der Waals surface area contributed by atoms with Gasteiger partial charge in [0.15, 0.2) is 0 Å². The normalized spacial score (nSPS) is 15.2. The Morgan fingerprint density at radius 3 is 2.55 bits per heavy atom. The molecule has 156 valence electrons. The smallest absolute Gasteiger partial charge is 0.293 e. The lowest BCUT2D eigenvalue weighted by Crippen LogP contribution is -2.27. The molecule has 31 heavy (non-hydrogen) atoms. The molecule has 0 N–H and O–H groups in total. The minimum atomic E-state index is -0.510. The zero-order valence-corrected chi connectivity index (χ0v) is 17.2. The van der Waals surface area contributed by atoms with E-state index >= 15 is 0 Å². The van der Waals surface area contributed by atoms with Crippen molar-refractivity contribution in [2.45, 2.75) is 6.54 Å². The summed E-state index contributed by atoms with van der Waals surface area (Å²) in [5.41, 5.74) is 1.04. The van der Waals surface area contributed by atoms with E-state index in [4.69, 9.17) is 16.0 Å². The lowest BCUT2D eigenvalue weighted by Gasteiger charge is -2.13. The highest BCUT2D eigenvalue weighted by Crippen LogP contribution is 2.35. The van der Waals surface area contributed by atoms with Gasteiger partial charge in [0.05, 0.1) is 16.4 Å². The van der Waals surface area contributed by atoms with Crippen LogP contribution in [0.25, 0.3) is 17.4 Å². The zero-order valence-electron chi connectivity index (χ0n) is 15.6. The molecular formula is C21H12ClFN2O5S. The second-order valence-electron chi connectivity index (χ2n) is 6.51. The van der Waals surface area contributed by atoms with E-state index in [0.717, 1.165) is 22.7 Å². The molecule has 0 atom stereocenters. The Bertz CT molecular complexity index is 1240. The predicted molar refractivity (Wildman–Crippen MR) is 114 cm³/mol. The first-order chi connectivity index (χ1) is 14.8. The minimum Gasteiger partial charge on any atom is -0.457 e. The van der Waals surface area contributed by atoms with Crippen molar-refractivity contribution in [2.75, 3.05) is 0 Å². The average Bonchev–Trinajstić information content (AvgIpc) is 3.30. The molecule has 0 unspecified atom stereocenters. The van der Waals surface area contributed by atoms with Crippen LogP contribution in [0.1, 0.15) is 11.3 Å². The molecule has 1 aliphatic heterocycles. The fourth-order valence-corrected chi connectivity index (χ4v) is 3.96. The number of benzene rings is 2. The van der Waals surface area contributed by atoms with Gasteiger partial charge in [-0.15, -0.1) is 0 Å². The summed E-state index contributed by atoms with van der Waals surface area (Å²) in [6.45, 7) is -0.0761. The van der Waals surface area contributed by atoms with Crippen LogP contribution < -0.4 is 0 Å². The number of hydrogen-bond donors (Lipinski definition) is 0. The molecule has 2 amide bonds. The second kappa shape index (κ2) is 8.37. The Morgan fingerprint density at radius 1 is 1.13 bits per heavy atom. The number of imide groups is 1. The van der Waals surface area contributed by atoms with E-state index in [1.807, 2.05) is 0 Å². The Hall–Kier alpha value is -3.43. The van der Waals surface area contributed by atoms with E-state index in [2.05, 4.69) is 0 Å². The van der Waals surface area contributed by atoms with Gasteiger partial charge in [0.2, 0.25) is 0 Å². The summed E-state index contributed by atoms with van der Waals surface area (Å²) in [6.07, 6.45) is 1.45. The van der Waals surface area contributed by atoms with Crippen LogP contribution in [0.3, 0.4) is 0 Å². The van der Waals surface area contributed by atoms with Gasteiger partial charge >= 0.3 is 0 Å². The zero-order chi connectivity index (χ0) is 22.1. The van der Waals surface area contributed by atoms with Crippen LogP contribution in [0, 0.1) is 15.9 Å². The lowest BCUT2D eigenvalue weighted by molar-refractivity contribution is -0.384. The number of non-ortho nitro benzene ring substituents is 1. The van der Waals surface area contributed by atoms with Crippen LogP contribution >= 0.6 is 23.4 Å². The largest absolute Gasteiger partial charge is 0.457 e. The van der Waals surface area contributed by atoms with Gasteiger partial charge in [-0.3, -0.25) is 24.6 Å². The molecule has 2 heterocycles. The first-order valence-corrected chi connectivity index (χ1v) is 10.1. The van der Waals surface area contributed by atoms with Crippen LogP contribution in [0.5, 0.6) is 0 Å². The summed E-state index contributed by atoms with van der Waals surface area (Å²) >= 11 is 6.76. The van der Waals surface area contributed by atoms with Crippen molar-refractivity contribution in [3.8, 4) is 11.3 Å². The molecular weight excluding hydrogens is 447 g/mol. The number of carbonyl (C=O) groups excluding carboxylic acids is 2. The molecule has 0 saturated carbocycles. The molecule has 7 nitrogen and oxygen atoms in total. The van der Waals surface area contributed by atoms with Gasteiger partial charge in [0.1, 0.15) is 17.3 Å². The Balaban J connectivity index is 1.52. The first-order valence-electron chi connectivity index (χ1n) is 8.86. The number of halogens is 2. The van der Waals surface area contributed by atoms with E-state index in [1.54, 1.807) is 24.3 Å². The minimum absolute atomic E-state index is 0.0366. The molecule has 3 aromatic rings. The highest BCUT2D eigenvalue weighted by atomic mass is 35.5. The van der Waals surface area contributed by atoms with E-state index in [9.17, 15) is 24.1 Å². The number of rotatable bonds is 5. The molecule has 0 spiro atoms. The summed E-state index contributed by atoms with van der Waals surface area (Å²) in [6, 6.07) is 12.9. The standard InChI is InChI=1S/C21H12ClFN2O5S/c22-17-9-14(23)4-1-13(17)11-24-20(26)19(31-21(24)27)10-16-7-8-18(30-16)12-2-5-15(6-3-12)25(28)29/h1-10H,11H2/b19-10+. The van der Waals surface area contributed by atoms with E-state index in [-0.39, 0.29) is 22.2 Å². The highest BCUT2D eigenvalue weighted by Gasteiger charge is 2.35. The SMILES string of the molecule is O=C1S/C(=C/c2ccc(-c3ccc([N+](=O)[O-])cc3)o2)C(=O)N1Cc1ccc(F)cc1Cl. The predicted octanol–water partition coefficient (Wildman–Crippen LogP) is 5.88. The number of nitro groups is 1. The van der Waals surface area contributed by atoms with E-state index in [1.165, 1.54) is 30.3 Å². The molecule has 0 aliphatic carbocycles. The third-order valence-electron chi connectivity index (χ3n) is 4.48. The third kappa shape index (κ3) is 4.37. The summed E-state index contributed by atoms with van der Waals surface area (Å²) in [7, 11) is 0. The van der Waals surface area contributed by atoms with Crippen molar-refractivity contribution in [3.63, 3.8) is 0 Å². The van der Waals surface area contributed by atoms with Gasteiger partial charge in [-0.1, -0.05) is 17.7 Å². The van der Waals surface area contributed by atoms with Crippen molar-refractivity contribution in [1.29, 1.82) is 0 Å². The van der Waals surface area contributed by atoms with Crippen LogP contribution in [0.2, 0.25) is 5.02 Å². The van der Waals surface area contributed by atoms with Crippen molar-refractivity contribution >= 4 is 46.3 Å². The molecule has 0 bridgehead atoms. The van der Waals surface area contributed by atoms with E-state index in [0.29, 0.717) is 22.6 Å². The van der Waals surface area contributed by atoms with Gasteiger partial charge in [-0.25, -0.2) is 4.39 Å². The van der Waals surface area contributed by atoms with Gasteiger partial charge in [-0.2, -0.15) is 0 Å². The number of amides is 2. The molecule has 1 fully saturated rings. The third-order valence-corrected chi connectivity index (χ3v) is 5.74. The quantitative estimate of drug-likeness (QED) is 0.269. The average molecular weight is 459 g/mol. The maximum absolute atomic E-state index is 13.2. The molecule has 10 heteroatoms. The molecule has 1 aromatic heterocycles. The molecule has 4 rings (SSSR count). The van der Waals surface area contributed by atoms with Gasteiger partial charge in [0, 0.05) is 28.8 Å².